The first kappa shape index (κ1) is 23.4. The Morgan fingerprint density at radius 2 is 1.72 bits per heavy atom. The fourth-order valence-electron chi connectivity index (χ4n) is 2.99. The quantitative estimate of drug-likeness (QED) is 0.652. The zero-order valence-electron chi connectivity index (χ0n) is 17.9. The van der Waals surface area contributed by atoms with E-state index < -0.39 is 16.1 Å². The maximum atomic E-state index is 13.0. The highest BCUT2D eigenvalue weighted by molar-refractivity contribution is 7.88. The second kappa shape index (κ2) is 9.49. The van der Waals surface area contributed by atoms with Gasteiger partial charge in [0.25, 0.3) is 5.91 Å². The normalized spacial score (nSPS) is 14.8. The molecule has 0 aromatic heterocycles. The van der Waals surface area contributed by atoms with Crippen LogP contribution >= 0.6 is 11.6 Å². The number of nitrogens with zero attached hydrogens (tertiary/aromatic N) is 2. The van der Waals surface area contributed by atoms with Crippen LogP contribution in [0.5, 0.6) is 17.2 Å². The minimum Gasteiger partial charge on any atom is -0.497 e. The molecular weight excluding hydrogens is 458 g/mol. The molecule has 0 radical (unpaired) electrons. The van der Waals surface area contributed by atoms with Crippen LogP contribution < -0.4 is 19.5 Å². The molecule has 1 aliphatic rings. The standard InChI is InChI=1S/C21H22ClN3O6S/c1-13-16(21(26)23-18-10-19(30-3)17(22)9-20(18)31-4)12-25(32(27,28)24-13)11-14-5-7-15(29-2)8-6-14/h5-10,12H,11H2,1-4H3,(H,23,26). The number of halogens is 1. The van der Waals surface area contributed by atoms with Gasteiger partial charge < -0.3 is 19.5 Å². The number of anilines is 1. The Balaban J connectivity index is 1.90. The van der Waals surface area contributed by atoms with Gasteiger partial charge in [0.15, 0.2) is 0 Å². The molecule has 0 saturated heterocycles. The van der Waals surface area contributed by atoms with E-state index in [4.69, 9.17) is 25.8 Å². The summed E-state index contributed by atoms with van der Waals surface area (Å²) in [6, 6.07) is 9.93. The second-order valence-electron chi connectivity index (χ2n) is 6.73. The molecule has 9 nitrogen and oxygen atoms in total. The van der Waals surface area contributed by atoms with Crippen LogP contribution in [0.3, 0.4) is 0 Å². The zero-order valence-corrected chi connectivity index (χ0v) is 19.5. The predicted octanol–water partition coefficient (Wildman–Crippen LogP) is 3.41. The Bertz CT molecular complexity index is 1190. The van der Waals surface area contributed by atoms with Crippen LogP contribution in [0.1, 0.15) is 12.5 Å². The van der Waals surface area contributed by atoms with E-state index in [-0.39, 0.29) is 17.8 Å². The molecule has 32 heavy (non-hydrogen) atoms. The van der Waals surface area contributed by atoms with Crippen molar-refractivity contribution < 1.29 is 27.4 Å². The van der Waals surface area contributed by atoms with E-state index in [2.05, 4.69) is 9.71 Å². The molecule has 0 aliphatic carbocycles. The lowest BCUT2D eigenvalue weighted by molar-refractivity contribution is -0.112. The molecule has 11 heteroatoms. The zero-order chi connectivity index (χ0) is 23.5. The molecule has 0 atom stereocenters. The van der Waals surface area contributed by atoms with Crippen molar-refractivity contribution in [2.24, 2.45) is 4.40 Å². The van der Waals surface area contributed by atoms with Crippen molar-refractivity contribution in [3.05, 3.63) is 58.8 Å². The van der Waals surface area contributed by atoms with Crippen LogP contribution in [0, 0.1) is 0 Å². The SMILES string of the molecule is COc1ccc(CN2C=C(C(=O)Nc3cc(OC)c(Cl)cc3OC)C(C)=NS2(=O)=O)cc1. The first-order chi connectivity index (χ1) is 15.2. The number of ether oxygens (including phenoxy) is 3. The molecule has 0 unspecified atom stereocenters. The number of nitrogens with one attached hydrogen (secondary N) is 1. The van der Waals surface area contributed by atoms with Gasteiger partial charge in [0.1, 0.15) is 17.2 Å². The van der Waals surface area contributed by atoms with Crippen molar-refractivity contribution >= 4 is 39.1 Å². The lowest BCUT2D eigenvalue weighted by Gasteiger charge is -2.24. The number of methoxy groups -OCH3 is 3. The molecule has 170 valence electrons. The third kappa shape index (κ3) is 4.97. The number of benzene rings is 2. The molecule has 0 bridgehead atoms. The fraction of sp³-hybridized carbons (Fsp3) is 0.238. The monoisotopic (exact) mass is 479 g/mol. The van der Waals surface area contributed by atoms with Crippen LogP contribution in [0.15, 0.2) is 52.6 Å². The highest BCUT2D eigenvalue weighted by atomic mass is 35.5. The van der Waals surface area contributed by atoms with Crippen LogP contribution in [-0.2, 0) is 21.5 Å². The summed E-state index contributed by atoms with van der Waals surface area (Å²) < 4.78 is 45.4. The third-order valence-corrected chi connectivity index (χ3v) is 6.30. The first-order valence-electron chi connectivity index (χ1n) is 9.35. The summed E-state index contributed by atoms with van der Waals surface area (Å²) in [7, 11) is 0.439. The Morgan fingerprint density at radius 1 is 1.06 bits per heavy atom. The van der Waals surface area contributed by atoms with E-state index in [0.29, 0.717) is 33.5 Å². The molecular formula is C21H22ClN3O6S. The third-order valence-electron chi connectivity index (χ3n) is 4.68. The maximum Gasteiger partial charge on any atom is 0.344 e. The minimum absolute atomic E-state index is 0.00201. The Kier molecular flexibility index (Phi) is 6.95. The fourth-order valence-corrected chi connectivity index (χ4v) is 4.32. The summed E-state index contributed by atoms with van der Waals surface area (Å²) in [5, 5.41) is 3.01. The Labute approximate surface area is 191 Å². The van der Waals surface area contributed by atoms with Crippen molar-refractivity contribution in [1.82, 2.24) is 4.31 Å². The topological polar surface area (TPSA) is 107 Å². The van der Waals surface area contributed by atoms with E-state index >= 15 is 0 Å². The van der Waals surface area contributed by atoms with E-state index in [0.717, 1.165) is 4.31 Å². The molecule has 2 aromatic rings. The van der Waals surface area contributed by atoms with Gasteiger partial charge in [-0.25, -0.2) is 0 Å². The van der Waals surface area contributed by atoms with E-state index in [1.807, 2.05) is 0 Å². The van der Waals surface area contributed by atoms with Gasteiger partial charge in [-0.2, -0.15) is 8.42 Å². The van der Waals surface area contributed by atoms with Gasteiger partial charge >= 0.3 is 10.2 Å². The summed E-state index contributed by atoms with van der Waals surface area (Å²) in [6.07, 6.45) is 1.26. The van der Waals surface area contributed by atoms with Crippen LogP contribution in [0.25, 0.3) is 0 Å². The number of rotatable bonds is 7. The lowest BCUT2D eigenvalue weighted by atomic mass is 10.1. The van der Waals surface area contributed by atoms with Crippen molar-refractivity contribution in [2.75, 3.05) is 26.6 Å². The lowest BCUT2D eigenvalue weighted by Crippen LogP contribution is -2.32. The van der Waals surface area contributed by atoms with Gasteiger partial charge in [-0.05, 0) is 24.6 Å². The van der Waals surface area contributed by atoms with Gasteiger partial charge in [-0.15, -0.1) is 4.40 Å². The maximum absolute atomic E-state index is 13.0. The van der Waals surface area contributed by atoms with Crippen molar-refractivity contribution in [3.63, 3.8) is 0 Å². The molecule has 1 amide bonds. The largest absolute Gasteiger partial charge is 0.497 e. The molecule has 1 N–H and O–H groups in total. The van der Waals surface area contributed by atoms with Crippen molar-refractivity contribution in [3.8, 4) is 17.2 Å². The van der Waals surface area contributed by atoms with Gasteiger partial charge in [0.2, 0.25) is 0 Å². The van der Waals surface area contributed by atoms with Crippen LogP contribution in [0.2, 0.25) is 5.02 Å². The van der Waals surface area contributed by atoms with Crippen molar-refractivity contribution in [1.29, 1.82) is 0 Å². The highest BCUT2D eigenvalue weighted by Gasteiger charge is 2.29. The molecule has 1 heterocycles. The Morgan fingerprint density at radius 3 is 2.31 bits per heavy atom. The smallest absolute Gasteiger partial charge is 0.344 e. The second-order valence-corrected chi connectivity index (χ2v) is 8.69. The number of hydrogen-bond acceptors (Lipinski definition) is 6. The highest BCUT2D eigenvalue weighted by Crippen LogP contribution is 2.36. The number of hydrogen-bond donors (Lipinski definition) is 1. The van der Waals surface area contributed by atoms with Gasteiger partial charge in [0, 0.05) is 18.3 Å². The number of carbonyl (C=O) groups excluding carboxylic acids is 1. The summed E-state index contributed by atoms with van der Waals surface area (Å²) in [4.78, 5) is 13.0. The van der Waals surface area contributed by atoms with Crippen molar-refractivity contribution in [2.45, 2.75) is 13.5 Å². The molecule has 3 rings (SSSR count). The predicted molar refractivity (Wildman–Crippen MR) is 122 cm³/mol. The average Bonchev–Trinajstić information content (AvgIpc) is 2.76. The van der Waals surface area contributed by atoms with Crippen LogP contribution in [0.4, 0.5) is 5.69 Å². The van der Waals surface area contributed by atoms with Gasteiger partial charge in [-0.3, -0.25) is 9.10 Å². The Hall–Kier alpha value is -3.24. The first-order valence-corrected chi connectivity index (χ1v) is 11.1. The van der Waals surface area contributed by atoms with E-state index in [1.54, 1.807) is 31.4 Å². The molecule has 2 aromatic carbocycles. The van der Waals surface area contributed by atoms with Gasteiger partial charge in [0.05, 0.1) is 49.9 Å². The molecule has 0 fully saturated rings. The minimum atomic E-state index is -3.98. The summed E-state index contributed by atoms with van der Waals surface area (Å²) in [6.45, 7) is 1.45. The molecule has 1 aliphatic heterocycles. The number of carbonyl (C=O) groups is 1. The van der Waals surface area contributed by atoms with Crippen LogP contribution in [-0.4, -0.2) is 45.7 Å². The number of amides is 1. The summed E-state index contributed by atoms with van der Waals surface area (Å²) >= 11 is 6.11. The average molecular weight is 480 g/mol. The van der Waals surface area contributed by atoms with E-state index in [9.17, 15) is 13.2 Å². The van der Waals surface area contributed by atoms with E-state index in [1.165, 1.54) is 39.5 Å². The summed E-state index contributed by atoms with van der Waals surface area (Å²) in [5.41, 5.74) is 1.16. The summed E-state index contributed by atoms with van der Waals surface area (Å²) in [5.74, 6) is 0.739. The molecule has 0 saturated carbocycles. The van der Waals surface area contributed by atoms with Gasteiger partial charge in [-0.1, -0.05) is 23.7 Å². The molecule has 0 spiro atoms.